The van der Waals surface area contributed by atoms with Crippen molar-refractivity contribution in [3.8, 4) is 0 Å². The van der Waals surface area contributed by atoms with E-state index in [9.17, 15) is 4.79 Å². The van der Waals surface area contributed by atoms with Crippen molar-refractivity contribution < 1.29 is 9.36 Å². The molecule has 0 amide bonds. The summed E-state index contributed by atoms with van der Waals surface area (Å²) in [5.41, 5.74) is 1.22. The van der Waals surface area contributed by atoms with Gasteiger partial charge in [0.1, 0.15) is 0 Å². The fourth-order valence-electron chi connectivity index (χ4n) is 1.81. The molecule has 0 bridgehead atoms. The Kier molecular flexibility index (Phi) is 2.48. The van der Waals surface area contributed by atoms with Crippen molar-refractivity contribution in [1.82, 2.24) is 0 Å². The van der Waals surface area contributed by atoms with Gasteiger partial charge in [0.15, 0.2) is 12.4 Å². The molecule has 0 saturated carbocycles. The quantitative estimate of drug-likeness (QED) is 0.624. The molecule has 0 aromatic carbocycles. The average molecular weight is 191 g/mol. The molecule has 2 rings (SSSR count). The molecule has 74 valence electrons. The summed E-state index contributed by atoms with van der Waals surface area (Å²) in [6.45, 7) is 3.85. The second-order valence-corrected chi connectivity index (χ2v) is 3.68. The first-order chi connectivity index (χ1) is 6.77. The van der Waals surface area contributed by atoms with E-state index in [-0.39, 0.29) is 5.91 Å². The molecule has 1 saturated heterocycles. The highest BCUT2D eigenvalue weighted by Gasteiger charge is 2.14. The van der Waals surface area contributed by atoms with Crippen LogP contribution in [-0.4, -0.2) is 19.0 Å². The minimum absolute atomic E-state index is 0.0537. The summed E-state index contributed by atoms with van der Waals surface area (Å²) in [5.74, 6) is 0.0537. The van der Waals surface area contributed by atoms with Crippen LogP contribution in [0.4, 0.5) is 5.69 Å². The second-order valence-electron chi connectivity index (χ2n) is 3.68. The fraction of sp³-hybridized carbons (Fsp3) is 0.455. The first kappa shape index (κ1) is 9.19. The molecule has 1 aromatic rings. The number of pyridine rings is 1. The number of hydrogen-bond acceptors (Lipinski definition) is 2. The lowest BCUT2D eigenvalue weighted by molar-refractivity contribution is -0.572. The van der Waals surface area contributed by atoms with Crippen LogP contribution in [0.1, 0.15) is 24.6 Å². The predicted octanol–water partition coefficient (Wildman–Crippen LogP) is 1.23. The molecule has 14 heavy (non-hydrogen) atoms. The average Bonchev–Trinajstić information content (AvgIpc) is 2.71. The highest BCUT2D eigenvalue weighted by molar-refractivity contribution is 5.63. The Bertz CT molecular complexity index is 326. The van der Waals surface area contributed by atoms with Crippen LogP contribution in [0.3, 0.4) is 0 Å². The van der Waals surface area contributed by atoms with Crippen molar-refractivity contribution in [2.75, 3.05) is 18.0 Å². The number of aromatic nitrogens is 1. The normalized spacial score (nSPS) is 15.9. The van der Waals surface area contributed by atoms with Gasteiger partial charge in [0.25, 0.3) is 0 Å². The van der Waals surface area contributed by atoms with E-state index < -0.39 is 0 Å². The van der Waals surface area contributed by atoms with E-state index in [2.05, 4.69) is 4.90 Å². The van der Waals surface area contributed by atoms with E-state index in [1.165, 1.54) is 18.5 Å². The van der Waals surface area contributed by atoms with E-state index in [1.54, 1.807) is 11.5 Å². The lowest BCUT2D eigenvalue weighted by Gasteiger charge is -2.15. The molecule has 3 heteroatoms. The first-order valence-corrected chi connectivity index (χ1v) is 5.04. The van der Waals surface area contributed by atoms with Gasteiger partial charge in [-0.25, -0.2) is 4.79 Å². The van der Waals surface area contributed by atoms with E-state index in [0.29, 0.717) is 0 Å². The van der Waals surface area contributed by atoms with E-state index in [0.717, 1.165) is 13.1 Å². The summed E-state index contributed by atoms with van der Waals surface area (Å²) in [4.78, 5) is 13.4. The number of carbonyl (C=O) groups excluding carboxylic acids is 1. The number of anilines is 1. The lowest BCUT2D eigenvalue weighted by Crippen LogP contribution is -2.39. The van der Waals surface area contributed by atoms with E-state index >= 15 is 0 Å². The largest absolute Gasteiger partial charge is 0.389 e. The summed E-state index contributed by atoms with van der Waals surface area (Å²) in [6, 6.07) is 4.01. The Morgan fingerprint density at radius 2 is 1.86 bits per heavy atom. The van der Waals surface area contributed by atoms with Crippen LogP contribution in [0.15, 0.2) is 24.5 Å². The van der Waals surface area contributed by atoms with Gasteiger partial charge in [-0.15, -0.1) is 4.57 Å². The molecule has 0 unspecified atom stereocenters. The van der Waals surface area contributed by atoms with E-state index in [1.807, 2.05) is 24.5 Å². The molecule has 1 fully saturated rings. The van der Waals surface area contributed by atoms with Crippen molar-refractivity contribution >= 4 is 11.6 Å². The maximum absolute atomic E-state index is 11.0. The van der Waals surface area contributed by atoms with Gasteiger partial charge >= 0.3 is 5.91 Å². The summed E-state index contributed by atoms with van der Waals surface area (Å²) in [7, 11) is 0. The zero-order valence-corrected chi connectivity index (χ0v) is 8.44. The smallest absolute Gasteiger partial charge is 0.371 e. The molecule has 2 heterocycles. The molecule has 3 nitrogen and oxygen atoms in total. The molecule has 0 radical (unpaired) electrons. The zero-order chi connectivity index (χ0) is 9.97. The summed E-state index contributed by atoms with van der Waals surface area (Å²) < 4.78 is 1.60. The monoisotopic (exact) mass is 191 g/mol. The van der Waals surface area contributed by atoms with Gasteiger partial charge in [0.2, 0.25) is 0 Å². The van der Waals surface area contributed by atoms with Crippen molar-refractivity contribution in [2.45, 2.75) is 19.8 Å². The van der Waals surface area contributed by atoms with Crippen LogP contribution in [0.25, 0.3) is 0 Å². The van der Waals surface area contributed by atoms with Gasteiger partial charge in [0.05, 0.1) is 6.92 Å². The highest BCUT2D eigenvalue weighted by Crippen LogP contribution is 2.17. The highest BCUT2D eigenvalue weighted by atomic mass is 16.1. The van der Waals surface area contributed by atoms with Gasteiger partial charge in [0, 0.05) is 30.9 Å². The first-order valence-electron chi connectivity index (χ1n) is 5.04. The molecule has 0 spiro atoms. The maximum Gasteiger partial charge on any atom is 0.389 e. The molecule has 0 atom stereocenters. The third-order valence-electron chi connectivity index (χ3n) is 2.65. The summed E-state index contributed by atoms with van der Waals surface area (Å²) in [5, 5.41) is 0. The van der Waals surface area contributed by atoms with Crippen LogP contribution in [0, 0.1) is 0 Å². The van der Waals surface area contributed by atoms with Crippen LogP contribution in [0.2, 0.25) is 0 Å². The van der Waals surface area contributed by atoms with Crippen LogP contribution in [0.5, 0.6) is 0 Å². The van der Waals surface area contributed by atoms with Gasteiger partial charge < -0.3 is 4.90 Å². The summed E-state index contributed by atoms with van der Waals surface area (Å²) in [6.07, 6.45) is 6.22. The minimum atomic E-state index is 0.0537. The van der Waals surface area contributed by atoms with Crippen LogP contribution < -0.4 is 9.47 Å². The van der Waals surface area contributed by atoms with Crippen LogP contribution >= 0.6 is 0 Å². The number of nitrogens with zero attached hydrogens (tertiary/aromatic N) is 2. The number of hydrogen-bond donors (Lipinski definition) is 0. The predicted molar refractivity (Wildman–Crippen MR) is 54.4 cm³/mol. The molecule has 1 aromatic heterocycles. The third-order valence-corrected chi connectivity index (χ3v) is 2.65. The van der Waals surface area contributed by atoms with Crippen molar-refractivity contribution in [3.05, 3.63) is 24.5 Å². The Morgan fingerprint density at radius 1 is 1.29 bits per heavy atom. The van der Waals surface area contributed by atoms with Crippen LogP contribution in [-0.2, 0) is 0 Å². The Hall–Kier alpha value is -1.38. The molecule has 0 N–H and O–H groups in total. The third kappa shape index (κ3) is 1.76. The molecular formula is C11H15N2O+. The standard InChI is InChI=1S/C11H15N2O/c1-10(14)12-8-4-11(5-9-12)13-6-2-3-7-13/h4-5,8-9H,2-3,6-7H2,1H3/q+1. The lowest BCUT2D eigenvalue weighted by atomic mass is 10.3. The SMILES string of the molecule is CC(=O)[n+]1ccc(N2CCCC2)cc1. The van der Waals surface area contributed by atoms with Crippen molar-refractivity contribution in [2.24, 2.45) is 0 Å². The molecule has 0 aliphatic carbocycles. The maximum atomic E-state index is 11.0. The van der Waals surface area contributed by atoms with Gasteiger partial charge in [-0.2, -0.15) is 0 Å². The fourth-order valence-corrected chi connectivity index (χ4v) is 1.81. The van der Waals surface area contributed by atoms with Gasteiger partial charge in [-0.3, -0.25) is 0 Å². The summed E-state index contributed by atoms with van der Waals surface area (Å²) >= 11 is 0. The van der Waals surface area contributed by atoms with E-state index in [4.69, 9.17) is 0 Å². The Morgan fingerprint density at radius 3 is 2.36 bits per heavy atom. The molecule has 1 aliphatic rings. The number of rotatable bonds is 1. The van der Waals surface area contributed by atoms with Gasteiger partial charge in [-0.1, -0.05) is 0 Å². The topological polar surface area (TPSA) is 24.2 Å². The van der Waals surface area contributed by atoms with Gasteiger partial charge in [-0.05, 0) is 12.8 Å². The van der Waals surface area contributed by atoms with Crippen molar-refractivity contribution in [3.63, 3.8) is 0 Å². The second kappa shape index (κ2) is 3.78. The number of carbonyl (C=O) groups is 1. The Labute approximate surface area is 84.0 Å². The van der Waals surface area contributed by atoms with Crippen molar-refractivity contribution in [1.29, 1.82) is 0 Å². The molecular weight excluding hydrogens is 176 g/mol. The minimum Gasteiger partial charge on any atom is -0.371 e. The Balaban J connectivity index is 2.16. The molecule has 1 aliphatic heterocycles. The zero-order valence-electron chi connectivity index (χ0n) is 8.44.